The SMILES string of the molecule is Cc1c(C(=O)NS(=O)(=O)C2CCNC2)cnc2c(Cl)cccc12. The van der Waals surface area contributed by atoms with Crippen LogP contribution < -0.4 is 10.0 Å². The summed E-state index contributed by atoms with van der Waals surface area (Å²) in [6.45, 7) is 2.74. The van der Waals surface area contributed by atoms with Gasteiger partial charge in [0, 0.05) is 18.1 Å². The van der Waals surface area contributed by atoms with Crippen LogP contribution in [0.3, 0.4) is 0 Å². The smallest absolute Gasteiger partial charge is 0.266 e. The third-order valence-electron chi connectivity index (χ3n) is 4.05. The minimum absolute atomic E-state index is 0.231. The largest absolute Gasteiger partial charge is 0.315 e. The molecule has 0 radical (unpaired) electrons. The summed E-state index contributed by atoms with van der Waals surface area (Å²) >= 11 is 6.09. The molecule has 0 bridgehead atoms. The molecule has 0 spiro atoms. The molecule has 1 aromatic carbocycles. The highest BCUT2D eigenvalue weighted by atomic mass is 35.5. The predicted molar refractivity (Wildman–Crippen MR) is 89.2 cm³/mol. The van der Waals surface area contributed by atoms with Gasteiger partial charge in [-0.2, -0.15) is 0 Å². The summed E-state index contributed by atoms with van der Waals surface area (Å²) in [5, 5.41) is 3.60. The minimum atomic E-state index is -3.70. The van der Waals surface area contributed by atoms with Crippen LogP contribution in [0.2, 0.25) is 5.02 Å². The molecular weight excluding hydrogens is 338 g/mol. The lowest BCUT2D eigenvalue weighted by molar-refractivity contribution is 0.0980. The van der Waals surface area contributed by atoms with Crippen LogP contribution in [0.15, 0.2) is 24.4 Å². The van der Waals surface area contributed by atoms with E-state index >= 15 is 0 Å². The lowest BCUT2D eigenvalue weighted by atomic mass is 10.0. The Labute approximate surface area is 139 Å². The van der Waals surface area contributed by atoms with Gasteiger partial charge in [0.2, 0.25) is 10.0 Å². The number of pyridine rings is 1. The number of aryl methyl sites for hydroxylation is 1. The third kappa shape index (κ3) is 3.04. The van der Waals surface area contributed by atoms with Crippen molar-refractivity contribution in [2.75, 3.05) is 13.1 Å². The summed E-state index contributed by atoms with van der Waals surface area (Å²) in [4.78, 5) is 16.6. The molecule has 3 rings (SSSR count). The molecule has 1 unspecified atom stereocenters. The maximum atomic E-state index is 12.4. The minimum Gasteiger partial charge on any atom is -0.315 e. The van der Waals surface area contributed by atoms with E-state index in [1.54, 1.807) is 25.1 Å². The number of carbonyl (C=O) groups excluding carboxylic acids is 1. The number of hydrogen-bond acceptors (Lipinski definition) is 5. The highest BCUT2D eigenvalue weighted by Crippen LogP contribution is 2.25. The van der Waals surface area contributed by atoms with Crippen molar-refractivity contribution in [1.82, 2.24) is 15.0 Å². The molecule has 1 aromatic heterocycles. The molecule has 1 fully saturated rings. The number of fused-ring (bicyclic) bond motifs is 1. The number of hydrogen-bond donors (Lipinski definition) is 2. The Morgan fingerprint density at radius 1 is 1.43 bits per heavy atom. The van der Waals surface area contributed by atoms with Crippen LogP contribution in [0, 0.1) is 6.92 Å². The number of nitrogens with one attached hydrogen (secondary N) is 2. The molecule has 1 atom stereocenters. The van der Waals surface area contributed by atoms with Gasteiger partial charge >= 0.3 is 0 Å². The van der Waals surface area contributed by atoms with E-state index < -0.39 is 21.2 Å². The van der Waals surface area contributed by atoms with Gasteiger partial charge in [-0.1, -0.05) is 23.7 Å². The Kier molecular flexibility index (Phi) is 4.27. The highest BCUT2D eigenvalue weighted by Gasteiger charge is 2.30. The number of amides is 1. The number of nitrogens with zero attached hydrogens (tertiary/aromatic N) is 1. The number of carbonyl (C=O) groups is 1. The summed E-state index contributed by atoms with van der Waals surface area (Å²) in [5.41, 5.74) is 1.47. The predicted octanol–water partition coefficient (Wildman–Crippen LogP) is 1.62. The lowest BCUT2D eigenvalue weighted by Gasteiger charge is -2.13. The van der Waals surface area contributed by atoms with E-state index in [0.29, 0.717) is 35.6 Å². The third-order valence-corrected chi connectivity index (χ3v) is 6.11. The van der Waals surface area contributed by atoms with Crippen molar-refractivity contribution in [3.8, 4) is 0 Å². The Hall–Kier alpha value is -1.70. The van der Waals surface area contributed by atoms with Gasteiger partial charge in [-0.15, -0.1) is 0 Å². The number of benzene rings is 1. The molecule has 23 heavy (non-hydrogen) atoms. The molecule has 2 heterocycles. The first kappa shape index (κ1) is 16.2. The second-order valence-electron chi connectivity index (χ2n) is 5.52. The summed E-state index contributed by atoms with van der Waals surface area (Å²) in [6, 6.07) is 5.28. The Balaban J connectivity index is 1.94. The van der Waals surface area contributed by atoms with Gasteiger partial charge < -0.3 is 5.32 Å². The average Bonchev–Trinajstić information content (AvgIpc) is 3.03. The van der Waals surface area contributed by atoms with E-state index in [2.05, 4.69) is 15.0 Å². The average molecular weight is 354 g/mol. The van der Waals surface area contributed by atoms with Gasteiger partial charge in [0.25, 0.3) is 5.91 Å². The quantitative estimate of drug-likeness (QED) is 0.875. The van der Waals surface area contributed by atoms with Crippen LogP contribution in [0.25, 0.3) is 10.9 Å². The van der Waals surface area contributed by atoms with Gasteiger partial charge in [-0.05, 0) is 31.5 Å². The van der Waals surface area contributed by atoms with Crippen LogP contribution in [0.4, 0.5) is 0 Å². The Morgan fingerprint density at radius 2 is 2.22 bits per heavy atom. The number of aromatic nitrogens is 1. The molecule has 8 heteroatoms. The monoisotopic (exact) mass is 353 g/mol. The summed E-state index contributed by atoms with van der Waals surface area (Å²) < 4.78 is 26.6. The highest BCUT2D eigenvalue weighted by molar-refractivity contribution is 7.90. The number of para-hydroxylation sites is 1. The van der Waals surface area contributed by atoms with E-state index in [4.69, 9.17) is 11.6 Å². The fourth-order valence-electron chi connectivity index (χ4n) is 2.71. The molecule has 2 aromatic rings. The first-order valence-corrected chi connectivity index (χ1v) is 9.13. The Bertz CT molecular complexity index is 877. The van der Waals surface area contributed by atoms with Crippen molar-refractivity contribution >= 4 is 38.4 Å². The zero-order valence-electron chi connectivity index (χ0n) is 12.5. The second kappa shape index (κ2) is 6.07. The molecule has 6 nitrogen and oxygen atoms in total. The van der Waals surface area contributed by atoms with Crippen molar-refractivity contribution in [3.05, 3.63) is 40.5 Å². The van der Waals surface area contributed by atoms with Crippen molar-refractivity contribution < 1.29 is 13.2 Å². The van der Waals surface area contributed by atoms with Crippen molar-refractivity contribution in [2.45, 2.75) is 18.6 Å². The molecule has 1 saturated heterocycles. The first-order valence-electron chi connectivity index (χ1n) is 7.20. The second-order valence-corrected chi connectivity index (χ2v) is 7.89. The molecule has 0 aliphatic carbocycles. The normalized spacial score (nSPS) is 18.3. The van der Waals surface area contributed by atoms with Crippen LogP contribution in [0.5, 0.6) is 0 Å². The summed E-state index contributed by atoms with van der Waals surface area (Å²) in [7, 11) is -3.70. The van der Waals surface area contributed by atoms with Gasteiger partial charge in [0.15, 0.2) is 0 Å². The fourth-order valence-corrected chi connectivity index (χ4v) is 4.23. The van der Waals surface area contributed by atoms with Crippen LogP contribution in [0.1, 0.15) is 22.3 Å². The maximum absolute atomic E-state index is 12.4. The van der Waals surface area contributed by atoms with Crippen LogP contribution in [-0.4, -0.2) is 37.6 Å². The maximum Gasteiger partial charge on any atom is 0.266 e. The Morgan fingerprint density at radius 3 is 2.91 bits per heavy atom. The molecule has 1 aliphatic rings. The van der Waals surface area contributed by atoms with Gasteiger partial charge in [0.05, 0.1) is 21.4 Å². The topological polar surface area (TPSA) is 88.2 Å². The molecule has 1 amide bonds. The van der Waals surface area contributed by atoms with Crippen molar-refractivity contribution in [2.24, 2.45) is 0 Å². The molecular formula is C15H16ClN3O3S. The summed E-state index contributed by atoms with van der Waals surface area (Å²) in [6.07, 6.45) is 1.86. The zero-order valence-corrected chi connectivity index (χ0v) is 14.0. The first-order chi connectivity index (χ1) is 10.9. The van der Waals surface area contributed by atoms with E-state index in [-0.39, 0.29) is 5.56 Å². The lowest BCUT2D eigenvalue weighted by Crippen LogP contribution is -2.39. The molecule has 2 N–H and O–H groups in total. The standard InChI is InChI=1S/C15H16ClN3O3S/c1-9-11-3-2-4-13(16)14(11)18-8-12(9)15(20)19-23(21,22)10-5-6-17-7-10/h2-4,8,10,17H,5-7H2,1H3,(H,19,20). The molecule has 0 saturated carbocycles. The van der Waals surface area contributed by atoms with E-state index in [9.17, 15) is 13.2 Å². The van der Waals surface area contributed by atoms with Crippen molar-refractivity contribution in [3.63, 3.8) is 0 Å². The molecule has 122 valence electrons. The number of halogens is 1. The van der Waals surface area contributed by atoms with E-state index in [1.807, 2.05) is 0 Å². The molecule has 1 aliphatic heterocycles. The fraction of sp³-hybridized carbons (Fsp3) is 0.333. The van der Waals surface area contributed by atoms with Crippen LogP contribution >= 0.6 is 11.6 Å². The van der Waals surface area contributed by atoms with Crippen LogP contribution in [-0.2, 0) is 10.0 Å². The number of rotatable bonds is 3. The van der Waals surface area contributed by atoms with Gasteiger partial charge in [0.1, 0.15) is 0 Å². The number of sulfonamides is 1. The van der Waals surface area contributed by atoms with E-state index in [1.165, 1.54) is 6.20 Å². The van der Waals surface area contributed by atoms with Crippen molar-refractivity contribution in [1.29, 1.82) is 0 Å². The van der Waals surface area contributed by atoms with Gasteiger partial charge in [-0.3, -0.25) is 9.78 Å². The van der Waals surface area contributed by atoms with E-state index in [0.717, 1.165) is 5.39 Å². The summed E-state index contributed by atoms with van der Waals surface area (Å²) in [5.74, 6) is -0.663. The van der Waals surface area contributed by atoms with Gasteiger partial charge in [-0.25, -0.2) is 13.1 Å². The zero-order chi connectivity index (χ0) is 16.6.